The first-order valence-corrected chi connectivity index (χ1v) is 7.83. The van der Waals surface area contributed by atoms with E-state index in [-0.39, 0.29) is 18.2 Å². The molecule has 0 aliphatic carbocycles. The highest BCUT2D eigenvalue weighted by atomic mass is 35.5. The average Bonchev–Trinajstić information content (AvgIpc) is 2.94. The van der Waals surface area contributed by atoms with Gasteiger partial charge in [0.1, 0.15) is 6.04 Å². The van der Waals surface area contributed by atoms with E-state index in [1.54, 1.807) is 28.8 Å². The monoisotopic (exact) mass is 340 g/mol. The first-order chi connectivity index (χ1) is 11.6. The lowest BCUT2D eigenvalue weighted by Gasteiger charge is -2.25. The van der Waals surface area contributed by atoms with Gasteiger partial charge in [-0.1, -0.05) is 35.9 Å². The third-order valence-corrected chi connectivity index (χ3v) is 4.30. The summed E-state index contributed by atoms with van der Waals surface area (Å²) in [5.74, 6) is -0.161. The molecular weight excluding hydrogens is 328 g/mol. The Hall–Kier alpha value is -2.86. The molecule has 0 spiro atoms. The number of halogens is 1. The van der Waals surface area contributed by atoms with E-state index in [0.29, 0.717) is 16.7 Å². The second-order valence-corrected chi connectivity index (χ2v) is 5.94. The zero-order valence-electron chi connectivity index (χ0n) is 12.5. The quantitative estimate of drug-likeness (QED) is 0.752. The number of nitrogens with one attached hydrogen (secondary N) is 2. The summed E-state index contributed by atoms with van der Waals surface area (Å²) in [6, 6.07) is 13.8. The first-order valence-electron chi connectivity index (χ1n) is 7.46. The molecule has 3 aromatic rings. The number of hydrogen-bond donors (Lipinski definition) is 2. The van der Waals surface area contributed by atoms with Crippen LogP contribution in [0.4, 0.5) is 11.6 Å². The Labute approximate surface area is 142 Å². The van der Waals surface area contributed by atoms with E-state index >= 15 is 0 Å². The fourth-order valence-corrected chi connectivity index (χ4v) is 3.06. The molecule has 1 aliphatic rings. The number of nitrogens with zero attached hydrogens (tertiary/aromatic N) is 2. The molecule has 1 aromatic heterocycles. The van der Waals surface area contributed by atoms with E-state index in [0.717, 1.165) is 11.0 Å². The molecule has 1 atom stereocenters. The van der Waals surface area contributed by atoms with Crippen LogP contribution in [0.25, 0.3) is 11.0 Å². The molecule has 2 heterocycles. The molecule has 0 fully saturated rings. The van der Waals surface area contributed by atoms with E-state index in [1.165, 1.54) is 0 Å². The van der Waals surface area contributed by atoms with Gasteiger partial charge in [0.15, 0.2) is 0 Å². The van der Waals surface area contributed by atoms with Crippen molar-refractivity contribution in [3.8, 4) is 0 Å². The van der Waals surface area contributed by atoms with Gasteiger partial charge in [0, 0.05) is 0 Å². The molecule has 2 amide bonds. The van der Waals surface area contributed by atoms with Gasteiger partial charge in [0.2, 0.25) is 17.8 Å². The molecule has 0 saturated heterocycles. The van der Waals surface area contributed by atoms with Crippen LogP contribution in [0, 0.1) is 0 Å². The minimum atomic E-state index is -0.683. The van der Waals surface area contributed by atoms with Crippen molar-refractivity contribution in [2.24, 2.45) is 0 Å². The summed E-state index contributed by atoms with van der Waals surface area (Å²) in [4.78, 5) is 29.1. The van der Waals surface area contributed by atoms with E-state index in [2.05, 4.69) is 15.6 Å². The topological polar surface area (TPSA) is 76.0 Å². The SMILES string of the molecule is O=C1C[C@H](C(=O)Nc2ccccc2Cl)n2c(nc3ccccc32)N1. The molecule has 2 aromatic carbocycles. The number of benzene rings is 2. The van der Waals surface area contributed by atoms with Gasteiger partial charge in [-0.25, -0.2) is 4.98 Å². The number of fused-ring (bicyclic) bond motifs is 3. The molecule has 1 aliphatic heterocycles. The van der Waals surface area contributed by atoms with Crippen LogP contribution in [0.3, 0.4) is 0 Å². The van der Waals surface area contributed by atoms with Crippen molar-refractivity contribution in [3.63, 3.8) is 0 Å². The second kappa shape index (κ2) is 5.65. The van der Waals surface area contributed by atoms with Crippen molar-refractivity contribution in [1.29, 1.82) is 0 Å². The number of rotatable bonds is 2. The number of imidazole rings is 1. The van der Waals surface area contributed by atoms with Crippen LogP contribution in [-0.2, 0) is 9.59 Å². The molecule has 7 heteroatoms. The molecule has 120 valence electrons. The number of aromatic nitrogens is 2. The summed E-state index contributed by atoms with van der Waals surface area (Å²) in [7, 11) is 0. The van der Waals surface area contributed by atoms with Gasteiger partial charge >= 0.3 is 0 Å². The number of para-hydroxylation sites is 3. The highest BCUT2D eigenvalue weighted by molar-refractivity contribution is 6.33. The molecule has 4 rings (SSSR count). The summed E-state index contributed by atoms with van der Waals surface area (Å²) >= 11 is 6.10. The Kier molecular flexibility index (Phi) is 3.46. The summed E-state index contributed by atoms with van der Waals surface area (Å²) in [6.45, 7) is 0. The maximum absolute atomic E-state index is 12.8. The van der Waals surface area contributed by atoms with Crippen molar-refractivity contribution in [1.82, 2.24) is 9.55 Å². The van der Waals surface area contributed by atoms with Crippen LogP contribution in [-0.4, -0.2) is 21.4 Å². The van der Waals surface area contributed by atoms with Gasteiger partial charge in [0.05, 0.1) is 28.2 Å². The third kappa shape index (κ3) is 2.41. The molecule has 0 bridgehead atoms. The molecule has 24 heavy (non-hydrogen) atoms. The zero-order chi connectivity index (χ0) is 16.7. The highest BCUT2D eigenvalue weighted by Gasteiger charge is 2.33. The number of carbonyl (C=O) groups excluding carboxylic acids is 2. The van der Waals surface area contributed by atoms with Crippen molar-refractivity contribution >= 4 is 46.1 Å². The molecular formula is C17H13ClN4O2. The van der Waals surface area contributed by atoms with Crippen LogP contribution >= 0.6 is 11.6 Å². The van der Waals surface area contributed by atoms with E-state index in [9.17, 15) is 9.59 Å². The Morgan fingerprint density at radius 1 is 1.21 bits per heavy atom. The van der Waals surface area contributed by atoms with Crippen LogP contribution in [0.15, 0.2) is 48.5 Å². The lowest BCUT2D eigenvalue weighted by atomic mass is 10.1. The molecule has 0 unspecified atom stereocenters. The van der Waals surface area contributed by atoms with Gasteiger partial charge in [-0.05, 0) is 24.3 Å². The van der Waals surface area contributed by atoms with Crippen LogP contribution in [0.2, 0.25) is 5.02 Å². The number of hydrogen-bond acceptors (Lipinski definition) is 3. The molecule has 2 N–H and O–H groups in total. The Morgan fingerprint density at radius 3 is 2.79 bits per heavy atom. The third-order valence-electron chi connectivity index (χ3n) is 3.97. The van der Waals surface area contributed by atoms with Gasteiger partial charge in [-0.3, -0.25) is 19.5 Å². The summed E-state index contributed by atoms with van der Waals surface area (Å²) in [6.07, 6.45) is 0.0453. The van der Waals surface area contributed by atoms with E-state index < -0.39 is 6.04 Å². The second-order valence-electron chi connectivity index (χ2n) is 5.53. The average molecular weight is 341 g/mol. The highest BCUT2D eigenvalue weighted by Crippen LogP contribution is 2.31. The molecule has 6 nitrogen and oxygen atoms in total. The normalized spacial score (nSPS) is 16.5. The Balaban J connectivity index is 1.75. The van der Waals surface area contributed by atoms with E-state index in [4.69, 9.17) is 11.6 Å². The van der Waals surface area contributed by atoms with Crippen LogP contribution < -0.4 is 10.6 Å². The maximum Gasteiger partial charge on any atom is 0.248 e. The maximum atomic E-state index is 12.8. The smallest absolute Gasteiger partial charge is 0.248 e. The van der Waals surface area contributed by atoms with Gasteiger partial charge < -0.3 is 5.32 Å². The number of carbonyl (C=O) groups is 2. The molecule has 0 radical (unpaired) electrons. The van der Waals surface area contributed by atoms with Crippen molar-refractivity contribution in [2.75, 3.05) is 10.6 Å². The fraction of sp³-hybridized carbons (Fsp3) is 0.118. The van der Waals surface area contributed by atoms with Crippen molar-refractivity contribution in [3.05, 3.63) is 53.6 Å². The summed E-state index contributed by atoms with van der Waals surface area (Å²) in [5, 5.41) is 5.96. The lowest BCUT2D eigenvalue weighted by molar-refractivity contribution is -0.124. The van der Waals surface area contributed by atoms with Gasteiger partial charge in [-0.2, -0.15) is 0 Å². The van der Waals surface area contributed by atoms with E-state index in [1.807, 2.05) is 24.3 Å². The van der Waals surface area contributed by atoms with Crippen molar-refractivity contribution in [2.45, 2.75) is 12.5 Å². The number of anilines is 2. The first kappa shape index (κ1) is 14.7. The minimum absolute atomic E-state index is 0.0453. The fourth-order valence-electron chi connectivity index (χ4n) is 2.88. The lowest BCUT2D eigenvalue weighted by Crippen LogP contribution is -2.35. The summed E-state index contributed by atoms with van der Waals surface area (Å²) in [5.41, 5.74) is 2.04. The van der Waals surface area contributed by atoms with Crippen LogP contribution in [0.5, 0.6) is 0 Å². The Morgan fingerprint density at radius 2 is 1.96 bits per heavy atom. The van der Waals surface area contributed by atoms with Crippen LogP contribution in [0.1, 0.15) is 12.5 Å². The van der Waals surface area contributed by atoms with Gasteiger partial charge in [0.25, 0.3) is 0 Å². The zero-order valence-corrected chi connectivity index (χ0v) is 13.2. The van der Waals surface area contributed by atoms with Crippen molar-refractivity contribution < 1.29 is 9.59 Å². The molecule has 0 saturated carbocycles. The predicted molar refractivity (Wildman–Crippen MR) is 92.1 cm³/mol. The minimum Gasteiger partial charge on any atom is -0.323 e. The summed E-state index contributed by atoms with van der Waals surface area (Å²) < 4.78 is 1.75. The predicted octanol–water partition coefficient (Wildman–Crippen LogP) is 3.21. The standard InChI is InChI=1S/C17H13ClN4O2/c18-10-5-1-2-6-11(10)19-16(24)14-9-15(23)21-17-20-12-7-3-4-8-13(12)22(14)17/h1-8,14H,9H2,(H,19,24)(H,20,21,23)/t14-/m1/s1. The Bertz CT molecular complexity index is 966. The largest absolute Gasteiger partial charge is 0.323 e. The number of amides is 2. The van der Waals surface area contributed by atoms with Gasteiger partial charge in [-0.15, -0.1) is 0 Å².